The highest BCUT2D eigenvalue weighted by Gasteiger charge is 2.22. The van der Waals surface area contributed by atoms with Gasteiger partial charge in [-0.15, -0.1) is 10.2 Å². The minimum atomic E-state index is -2.90. The molecule has 3 rings (SSSR count). The molecule has 0 saturated heterocycles. The predicted octanol–water partition coefficient (Wildman–Crippen LogP) is 4.81. The Morgan fingerprint density at radius 3 is 2.44 bits per heavy atom. The number of nitrogens with zero attached hydrogens (tertiary/aromatic N) is 3. The lowest BCUT2D eigenvalue weighted by Crippen LogP contribution is -2.25. The summed E-state index contributed by atoms with van der Waals surface area (Å²) in [6, 6.07) is 11.8. The molecule has 10 heteroatoms. The number of hydrogen-bond donors (Lipinski definition) is 2. The van der Waals surface area contributed by atoms with Crippen LogP contribution in [0.3, 0.4) is 0 Å². The number of benzene rings is 2. The lowest BCUT2D eigenvalue weighted by Gasteiger charge is -2.18. The van der Waals surface area contributed by atoms with Crippen LogP contribution in [0.1, 0.15) is 37.8 Å². The molecule has 1 amide bonds. The zero-order chi connectivity index (χ0) is 23.4. The third kappa shape index (κ3) is 5.37. The summed E-state index contributed by atoms with van der Waals surface area (Å²) in [5.74, 6) is 6.59. The van der Waals surface area contributed by atoms with Crippen molar-refractivity contribution in [2.75, 3.05) is 11.2 Å². The van der Waals surface area contributed by atoms with Crippen molar-refractivity contribution in [3.05, 3.63) is 53.6 Å². The van der Waals surface area contributed by atoms with Crippen molar-refractivity contribution in [3.63, 3.8) is 0 Å². The highest BCUT2D eigenvalue weighted by Crippen LogP contribution is 2.30. The van der Waals surface area contributed by atoms with Crippen LogP contribution in [0.5, 0.6) is 5.75 Å². The Hall–Kier alpha value is -3.14. The van der Waals surface area contributed by atoms with Crippen LogP contribution in [0.2, 0.25) is 0 Å². The highest BCUT2D eigenvalue weighted by molar-refractivity contribution is 8.00. The molecule has 0 radical (unpaired) electrons. The lowest BCUT2D eigenvalue weighted by atomic mass is 9.98. The fourth-order valence-corrected chi connectivity index (χ4v) is 3.89. The number of amides is 1. The van der Waals surface area contributed by atoms with E-state index in [0.717, 1.165) is 16.8 Å². The van der Waals surface area contributed by atoms with Gasteiger partial charge in [-0.2, -0.15) is 8.78 Å². The maximum atomic E-state index is 12.9. The molecule has 3 aromatic rings. The first-order valence-corrected chi connectivity index (χ1v) is 10.9. The van der Waals surface area contributed by atoms with Crippen molar-refractivity contribution in [2.24, 2.45) is 0 Å². The van der Waals surface area contributed by atoms with Crippen LogP contribution in [0.15, 0.2) is 47.6 Å². The first-order chi connectivity index (χ1) is 15.2. The van der Waals surface area contributed by atoms with Gasteiger partial charge in [-0.25, -0.2) is 4.68 Å². The number of thioether (sulfide) groups is 1. The van der Waals surface area contributed by atoms with E-state index in [1.54, 1.807) is 19.1 Å². The van der Waals surface area contributed by atoms with Gasteiger partial charge in [0.25, 0.3) is 0 Å². The van der Waals surface area contributed by atoms with Crippen LogP contribution in [0, 0.1) is 6.92 Å². The number of rotatable bonds is 8. The number of halogens is 2. The molecule has 7 nitrogen and oxygen atoms in total. The standard InChI is InChI=1S/C22H25F2N5O2S/c1-12(2)17-7-5-6-13(3)18(17)26-20(30)14(4)32-22-28-27-19(29(22)25)15-8-10-16(11-9-15)31-21(23)24/h5-12,14,21H,25H2,1-4H3,(H,26,30). The minimum absolute atomic E-state index is 0.0312. The molecule has 0 aliphatic heterocycles. The summed E-state index contributed by atoms with van der Waals surface area (Å²) < 4.78 is 30.2. The molecule has 1 heterocycles. The van der Waals surface area contributed by atoms with Gasteiger partial charge in [0.05, 0.1) is 5.25 Å². The topological polar surface area (TPSA) is 95.1 Å². The van der Waals surface area contributed by atoms with Crippen molar-refractivity contribution in [2.45, 2.75) is 50.6 Å². The van der Waals surface area contributed by atoms with E-state index in [9.17, 15) is 13.6 Å². The number of hydrogen-bond acceptors (Lipinski definition) is 6. The van der Waals surface area contributed by atoms with Gasteiger partial charge in [0, 0.05) is 11.3 Å². The molecule has 0 aliphatic carbocycles. The maximum Gasteiger partial charge on any atom is 0.387 e. The molecule has 3 N–H and O–H groups in total. The largest absolute Gasteiger partial charge is 0.435 e. The molecule has 0 fully saturated rings. The number of ether oxygens (including phenoxy) is 1. The van der Waals surface area contributed by atoms with Crippen LogP contribution in [-0.2, 0) is 4.79 Å². The SMILES string of the molecule is Cc1cccc(C(C)C)c1NC(=O)C(C)Sc1nnc(-c2ccc(OC(F)F)cc2)n1N. The molecular weight excluding hydrogens is 436 g/mol. The average molecular weight is 462 g/mol. The van der Waals surface area contributed by atoms with Gasteiger partial charge in [-0.3, -0.25) is 4.79 Å². The van der Waals surface area contributed by atoms with Crippen molar-refractivity contribution >= 4 is 23.4 Å². The number of aryl methyl sites for hydroxylation is 1. The smallest absolute Gasteiger partial charge is 0.387 e. The van der Waals surface area contributed by atoms with Crippen LogP contribution < -0.4 is 15.9 Å². The Bertz CT molecular complexity index is 1090. The van der Waals surface area contributed by atoms with E-state index in [-0.39, 0.29) is 17.6 Å². The van der Waals surface area contributed by atoms with Crippen molar-refractivity contribution in [1.29, 1.82) is 0 Å². The Kier molecular flexibility index (Phi) is 7.34. The normalized spacial score (nSPS) is 12.2. The third-order valence-corrected chi connectivity index (χ3v) is 5.89. The minimum Gasteiger partial charge on any atom is -0.435 e. The number of nitrogens with one attached hydrogen (secondary N) is 1. The third-order valence-electron chi connectivity index (χ3n) is 4.83. The van der Waals surface area contributed by atoms with E-state index in [1.807, 2.05) is 25.1 Å². The number of para-hydroxylation sites is 1. The van der Waals surface area contributed by atoms with Gasteiger partial charge in [0.1, 0.15) is 5.75 Å². The number of nitrogens with two attached hydrogens (primary N) is 1. The van der Waals surface area contributed by atoms with Crippen LogP contribution in [0.25, 0.3) is 11.4 Å². The average Bonchev–Trinajstić information content (AvgIpc) is 3.09. The molecule has 1 aromatic heterocycles. The van der Waals surface area contributed by atoms with Gasteiger partial charge in [-0.1, -0.05) is 43.8 Å². The van der Waals surface area contributed by atoms with Crippen LogP contribution >= 0.6 is 11.8 Å². The monoisotopic (exact) mass is 461 g/mol. The number of carbonyl (C=O) groups is 1. The molecule has 0 saturated carbocycles. The van der Waals surface area contributed by atoms with Crippen molar-refractivity contribution in [3.8, 4) is 17.1 Å². The summed E-state index contributed by atoms with van der Waals surface area (Å²) in [6.07, 6.45) is 0. The number of nitrogen functional groups attached to an aromatic ring is 1. The molecular formula is C22H25F2N5O2S. The van der Waals surface area contributed by atoms with Crippen molar-refractivity contribution < 1.29 is 18.3 Å². The number of anilines is 1. The molecule has 0 bridgehead atoms. The summed E-state index contributed by atoms with van der Waals surface area (Å²) >= 11 is 1.17. The number of carbonyl (C=O) groups excluding carboxylic acids is 1. The quantitative estimate of drug-likeness (QED) is 0.369. The van der Waals surface area contributed by atoms with Crippen molar-refractivity contribution in [1.82, 2.24) is 14.9 Å². The van der Waals surface area contributed by atoms with E-state index in [1.165, 1.54) is 28.6 Å². The predicted molar refractivity (Wildman–Crippen MR) is 121 cm³/mol. The number of alkyl halides is 2. The molecule has 0 spiro atoms. The lowest BCUT2D eigenvalue weighted by molar-refractivity contribution is -0.115. The van der Waals surface area contributed by atoms with Gasteiger partial charge < -0.3 is 15.9 Å². The van der Waals surface area contributed by atoms with Gasteiger partial charge >= 0.3 is 6.61 Å². The van der Waals surface area contributed by atoms with Gasteiger partial charge in [-0.05, 0) is 55.2 Å². The summed E-state index contributed by atoms with van der Waals surface area (Å²) in [5, 5.41) is 11.0. The summed E-state index contributed by atoms with van der Waals surface area (Å²) in [4.78, 5) is 12.9. The van der Waals surface area contributed by atoms with Gasteiger partial charge in [0.2, 0.25) is 11.1 Å². The molecule has 32 heavy (non-hydrogen) atoms. The molecule has 170 valence electrons. The zero-order valence-electron chi connectivity index (χ0n) is 18.2. The second kappa shape index (κ2) is 9.99. The summed E-state index contributed by atoms with van der Waals surface area (Å²) in [6.45, 7) is 4.98. The second-order valence-electron chi connectivity index (χ2n) is 7.52. The Balaban J connectivity index is 1.72. The first-order valence-electron chi connectivity index (χ1n) is 10.00. The Morgan fingerprint density at radius 1 is 1.12 bits per heavy atom. The van der Waals surface area contributed by atoms with Gasteiger partial charge in [0.15, 0.2) is 5.82 Å². The fraction of sp³-hybridized carbons (Fsp3) is 0.318. The summed E-state index contributed by atoms with van der Waals surface area (Å²) in [5.41, 5.74) is 3.46. The first kappa shape index (κ1) is 23.5. The van der Waals surface area contributed by atoms with E-state index < -0.39 is 11.9 Å². The Morgan fingerprint density at radius 2 is 1.81 bits per heavy atom. The molecule has 0 aliphatic rings. The van der Waals surface area contributed by atoms with E-state index in [4.69, 9.17) is 5.84 Å². The van der Waals surface area contributed by atoms with E-state index in [2.05, 4.69) is 34.1 Å². The Labute approximate surface area is 189 Å². The molecule has 1 unspecified atom stereocenters. The maximum absolute atomic E-state index is 12.9. The number of aromatic nitrogens is 3. The summed E-state index contributed by atoms with van der Waals surface area (Å²) in [7, 11) is 0. The molecule has 2 aromatic carbocycles. The van der Waals surface area contributed by atoms with Crippen LogP contribution in [0.4, 0.5) is 14.5 Å². The molecule has 1 atom stereocenters. The second-order valence-corrected chi connectivity index (χ2v) is 8.83. The van der Waals surface area contributed by atoms with E-state index in [0.29, 0.717) is 16.5 Å². The van der Waals surface area contributed by atoms with Crippen LogP contribution in [-0.4, -0.2) is 32.6 Å². The zero-order valence-corrected chi connectivity index (χ0v) is 19.0. The fourth-order valence-electron chi connectivity index (χ4n) is 3.12. The van der Waals surface area contributed by atoms with E-state index >= 15 is 0 Å². The highest BCUT2D eigenvalue weighted by atomic mass is 32.2.